The van der Waals surface area contributed by atoms with Crippen molar-refractivity contribution < 1.29 is 13.2 Å². The van der Waals surface area contributed by atoms with Crippen LogP contribution in [0.25, 0.3) is 22.0 Å². The summed E-state index contributed by atoms with van der Waals surface area (Å²) in [6.45, 7) is 14.9. The molecule has 0 bridgehead atoms. The first-order valence-electron chi connectivity index (χ1n) is 15.6. The molecule has 0 fully saturated rings. The van der Waals surface area contributed by atoms with Crippen LogP contribution in [0.2, 0.25) is 0 Å². The Morgan fingerprint density at radius 3 is 1.86 bits per heavy atom. The third-order valence-electron chi connectivity index (χ3n) is 8.55. The highest BCUT2D eigenvalue weighted by molar-refractivity contribution is 7.90. The lowest BCUT2D eigenvalue weighted by atomic mass is 9.82. The van der Waals surface area contributed by atoms with Crippen LogP contribution in [0.15, 0.2) is 95.9 Å². The molecular weight excluding hydrogens is 563 g/mol. The number of para-hydroxylation sites is 1. The van der Waals surface area contributed by atoms with E-state index in [1.807, 2.05) is 73.7 Å². The molecule has 228 valence electrons. The molecule has 0 radical (unpaired) electrons. The molecule has 0 saturated carbocycles. The molecule has 0 aliphatic rings. The number of benzene rings is 4. The van der Waals surface area contributed by atoms with Crippen molar-refractivity contribution in [2.45, 2.75) is 84.0 Å². The van der Waals surface area contributed by atoms with Crippen LogP contribution in [-0.2, 0) is 16.4 Å². The predicted molar refractivity (Wildman–Crippen MR) is 182 cm³/mol. The van der Waals surface area contributed by atoms with E-state index in [1.54, 1.807) is 12.1 Å². The van der Waals surface area contributed by atoms with Crippen molar-refractivity contribution in [2.75, 3.05) is 0 Å². The van der Waals surface area contributed by atoms with Crippen molar-refractivity contribution in [3.63, 3.8) is 0 Å². The van der Waals surface area contributed by atoms with Gasteiger partial charge in [0.05, 0.1) is 10.4 Å². The third-order valence-corrected chi connectivity index (χ3v) is 10.3. The highest BCUT2D eigenvalue weighted by Crippen LogP contribution is 2.39. The number of Topliss-reactive ketones (excluding diaryl/α,β-unsaturated/α-hetero) is 1. The molecule has 5 aromatic rings. The molecule has 0 saturated heterocycles. The van der Waals surface area contributed by atoms with E-state index in [0.717, 1.165) is 38.8 Å². The zero-order valence-electron chi connectivity index (χ0n) is 26.9. The largest absolute Gasteiger partial charge is 0.294 e. The minimum absolute atomic E-state index is 0.0521. The van der Waals surface area contributed by atoms with Crippen LogP contribution in [-0.4, -0.2) is 18.2 Å². The summed E-state index contributed by atoms with van der Waals surface area (Å²) in [7, 11) is -3.97. The van der Waals surface area contributed by atoms with Crippen LogP contribution < -0.4 is 0 Å². The lowest BCUT2D eigenvalue weighted by Crippen LogP contribution is -2.18. The molecule has 0 amide bonds. The van der Waals surface area contributed by atoms with E-state index in [4.69, 9.17) is 0 Å². The summed E-state index contributed by atoms with van der Waals surface area (Å²) in [5.41, 5.74) is 8.19. The van der Waals surface area contributed by atoms with Crippen LogP contribution in [0.5, 0.6) is 0 Å². The highest BCUT2D eigenvalue weighted by atomic mass is 32.2. The van der Waals surface area contributed by atoms with Crippen molar-refractivity contribution in [3.8, 4) is 11.1 Å². The molecule has 0 spiro atoms. The zero-order chi connectivity index (χ0) is 31.8. The summed E-state index contributed by atoms with van der Waals surface area (Å²) in [6, 6.07) is 28.9. The van der Waals surface area contributed by atoms with E-state index in [-0.39, 0.29) is 35.4 Å². The summed E-state index contributed by atoms with van der Waals surface area (Å²) in [5.74, 6) is 0.762. The van der Waals surface area contributed by atoms with E-state index in [0.29, 0.717) is 17.1 Å². The maximum absolute atomic E-state index is 14.4. The van der Waals surface area contributed by atoms with Gasteiger partial charge in [0.15, 0.2) is 5.78 Å². The fraction of sp³-hybridized carbons (Fsp3) is 0.308. The Kier molecular flexibility index (Phi) is 8.99. The van der Waals surface area contributed by atoms with Crippen molar-refractivity contribution >= 4 is 26.7 Å². The number of hydrogen-bond acceptors (Lipinski definition) is 3. The molecule has 1 heterocycles. The van der Waals surface area contributed by atoms with Crippen molar-refractivity contribution in [2.24, 2.45) is 0 Å². The number of nitrogens with zero attached hydrogens (tertiary/aromatic N) is 1. The first kappa shape index (κ1) is 31.5. The SMILES string of the molecule is Cc1ccc(S(=O)(=O)n2c(CCC(=O)c3c(C(C)C)cc(C(C)C)cc3C(C)C)c(-c3ccccc3)c3ccccc32)cc1. The number of ketones is 1. The van der Waals surface area contributed by atoms with E-state index >= 15 is 0 Å². The van der Waals surface area contributed by atoms with Crippen molar-refractivity contribution in [3.05, 3.63) is 125 Å². The summed E-state index contributed by atoms with van der Waals surface area (Å²) in [6.07, 6.45) is 0.476. The molecule has 0 aliphatic heterocycles. The number of rotatable bonds is 10. The zero-order valence-corrected chi connectivity index (χ0v) is 27.7. The Morgan fingerprint density at radius 2 is 1.30 bits per heavy atom. The molecule has 1 aromatic heterocycles. The Labute approximate surface area is 262 Å². The molecule has 0 N–H and O–H groups in total. The molecule has 0 atom stereocenters. The van der Waals surface area contributed by atoms with Gasteiger partial charge in [-0.25, -0.2) is 12.4 Å². The fourth-order valence-corrected chi connectivity index (χ4v) is 7.72. The van der Waals surface area contributed by atoms with Crippen LogP contribution in [0.4, 0.5) is 0 Å². The monoisotopic (exact) mass is 605 g/mol. The minimum Gasteiger partial charge on any atom is -0.294 e. The van der Waals surface area contributed by atoms with Gasteiger partial charge in [0.1, 0.15) is 0 Å². The van der Waals surface area contributed by atoms with Gasteiger partial charge >= 0.3 is 0 Å². The number of carbonyl (C=O) groups is 1. The van der Waals surface area contributed by atoms with Crippen LogP contribution in [0.1, 0.15) is 104 Å². The molecule has 5 heteroatoms. The van der Waals surface area contributed by atoms with E-state index in [1.165, 1.54) is 9.54 Å². The minimum atomic E-state index is -3.97. The topological polar surface area (TPSA) is 56.1 Å². The van der Waals surface area contributed by atoms with Gasteiger partial charge in [-0.1, -0.05) is 120 Å². The second-order valence-electron chi connectivity index (χ2n) is 12.7. The Balaban J connectivity index is 1.71. The van der Waals surface area contributed by atoms with E-state index in [2.05, 4.69) is 53.7 Å². The average molecular weight is 606 g/mol. The van der Waals surface area contributed by atoms with Crippen LogP contribution in [0.3, 0.4) is 0 Å². The summed E-state index contributed by atoms with van der Waals surface area (Å²) in [5, 5.41) is 0.851. The van der Waals surface area contributed by atoms with E-state index in [9.17, 15) is 13.2 Å². The molecular formula is C39H43NO3S. The van der Waals surface area contributed by atoms with Crippen LogP contribution >= 0.6 is 0 Å². The van der Waals surface area contributed by atoms with E-state index < -0.39 is 10.0 Å². The number of aromatic nitrogens is 1. The lowest BCUT2D eigenvalue weighted by molar-refractivity contribution is 0.0980. The maximum Gasteiger partial charge on any atom is 0.268 e. The molecule has 4 aromatic carbocycles. The first-order chi connectivity index (χ1) is 20.9. The predicted octanol–water partition coefficient (Wildman–Crippen LogP) is 10.0. The molecule has 44 heavy (non-hydrogen) atoms. The number of aryl methyl sites for hydroxylation is 1. The summed E-state index contributed by atoms with van der Waals surface area (Å²) in [4.78, 5) is 14.5. The van der Waals surface area contributed by atoms with Gasteiger partial charge in [-0.3, -0.25) is 4.79 Å². The fourth-order valence-electron chi connectivity index (χ4n) is 6.14. The molecule has 0 unspecified atom stereocenters. The molecule has 4 nitrogen and oxygen atoms in total. The Hall–Kier alpha value is -3.96. The molecule has 0 aliphatic carbocycles. The van der Waals surface area contributed by atoms with Gasteiger partial charge in [0.2, 0.25) is 0 Å². The molecule has 5 rings (SSSR count). The standard InChI is InChI=1S/C39H43NO3S/c1-25(2)30-23-33(26(3)4)39(34(24-30)27(5)6)37(41)22-21-36-38(29-13-9-8-10-14-29)32-15-11-12-16-35(32)40(36)44(42,43)31-19-17-28(7)18-20-31/h8-20,23-27H,21-22H2,1-7H3. The smallest absolute Gasteiger partial charge is 0.268 e. The highest BCUT2D eigenvalue weighted by Gasteiger charge is 2.29. The van der Waals surface area contributed by atoms with Gasteiger partial charge in [-0.05, 0) is 71.6 Å². The first-order valence-corrected chi connectivity index (χ1v) is 17.1. The second kappa shape index (κ2) is 12.6. The van der Waals surface area contributed by atoms with Gasteiger partial charge in [0, 0.05) is 28.6 Å². The number of hydrogen-bond donors (Lipinski definition) is 0. The Bertz CT molecular complexity index is 1880. The van der Waals surface area contributed by atoms with Crippen molar-refractivity contribution in [1.29, 1.82) is 0 Å². The summed E-state index contributed by atoms with van der Waals surface area (Å²) >= 11 is 0. The van der Waals surface area contributed by atoms with Crippen LogP contribution in [0, 0.1) is 6.92 Å². The van der Waals surface area contributed by atoms with Gasteiger partial charge in [-0.15, -0.1) is 0 Å². The summed E-state index contributed by atoms with van der Waals surface area (Å²) < 4.78 is 30.3. The average Bonchev–Trinajstić information content (AvgIpc) is 3.34. The van der Waals surface area contributed by atoms with Gasteiger partial charge in [0.25, 0.3) is 10.0 Å². The lowest BCUT2D eigenvalue weighted by Gasteiger charge is -2.22. The van der Waals surface area contributed by atoms with Gasteiger partial charge < -0.3 is 0 Å². The normalized spacial score (nSPS) is 12.1. The second-order valence-corrected chi connectivity index (χ2v) is 14.5. The maximum atomic E-state index is 14.4. The van der Waals surface area contributed by atoms with Gasteiger partial charge in [-0.2, -0.15) is 0 Å². The quantitative estimate of drug-likeness (QED) is 0.149. The van der Waals surface area contributed by atoms with Crippen molar-refractivity contribution in [1.82, 2.24) is 3.97 Å². The number of carbonyl (C=O) groups excluding carboxylic acids is 1. The third kappa shape index (κ3) is 5.90. The Morgan fingerprint density at radius 1 is 0.727 bits per heavy atom. The number of fused-ring (bicyclic) bond motifs is 1.